The Labute approximate surface area is 176 Å². The molecule has 0 fully saturated rings. The van der Waals surface area contributed by atoms with Crippen LogP contribution in [0.5, 0.6) is 5.75 Å². The summed E-state index contributed by atoms with van der Waals surface area (Å²) in [5.74, 6) is 0.0518. The summed E-state index contributed by atoms with van der Waals surface area (Å²) in [5.41, 5.74) is 8.53. The number of aryl methyl sites for hydroxylation is 4. The van der Waals surface area contributed by atoms with Gasteiger partial charge in [-0.2, -0.15) is 0 Å². The number of amides is 1. The highest BCUT2D eigenvalue weighted by atomic mass is 16.3. The van der Waals surface area contributed by atoms with Gasteiger partial charge in [-0.3, -0.25) is 4.79 Å². The maximum Gasteiger partial charge on any atom is 0.230 e. The maximum atomic E-state index is 12.9. The lowest BCUT2D eigenvalue weighted by atomic mass is 10.0. The Morgan fingerprint density at radius 3 is 2.50 bits per heavy atom. The minimum Gasteiger partial charge on any atom is -0.508 e. The molecule has 0 unspecified atom stereocenters. The molecule has 1 amide bonds. The van der Waals surface area contributed by atoms with Crippen LogP contribution in [-0.2, 0) is 11.2 Å². The molecule has 152 valence electrons. The monoisotopic (exact) mass is 399 g/mol. The molecule has 0 saturated heterocycles. The number of anilines is 1. The fourth-order valence-corrected chi connectivity index (χ4v) is 3.62. The molecule has 2 aromatic heterocycles. The molecule has 0 bridgehead atoms. The van der Waals surface area contributed by atoms with Crippen LogP contribution < -0.4 is 5.32 Å². The van der Waals surface area contributed by atoms with Crippen LogP contribution in [0.15, 0.2) is 54.7 Å². The van der Waals surface area contributed by atoms with Crippen molar-refractivity contribution in [3.63, 3.8) is 0 Å². The summed E-state index contributed by atoms with van der Waals surface area (Å²) in [6, 6.07) is 15.2. The Kier molecular flexibility index (Phi) is 5.04. The summed E-state index contributed by atoms with van der Waals surface area (Å²) in [6.45, 7) is 8.05. The van der Waals surface area contributed by atoms with Crippen molar-refractivity contribution in [1.29, 1.82) is 0 Å². The van der Waals surface area contributed by atoms with Crippen molar-refractivity contribution in [3.05, 3.63) is 82.7 Å². The number of nitrogens with one attached hydrogen (secondary N) is 1. The van der Waals surface area contributed by atoms with Crippen molar-refractivity contribution < 1.29 is 9.90 Å². The molecule has 2 heterocycles. The van der Waals surface area contributed by atoms with Crippen molar-refractivity contribution in [3.8, 4) is 17.0 Å². The Morgan fingerprint density at radius 2 is 1.77 bits per heavy atom. The van der Waals surface area contributed by atoms with E-state index in [1.54, 1.807) is 18.2 Å². The zero-order valence-corrected chi connectivity index (χ0v) is 17.7. The van der Waals surface area contributed by atoms with Gasteiger partial charge in [0.25, 0.3) is 0 Å². The summed E-state index contributed by atoms with van der Waals surface area (Å²) in [7, 11) is 0. The summed E-state index contributed by atoms with van der Waals surface area (Å²) in [4.78, 5) is 17.8. The average molecular weight is 399 g/mol. The third kappa shape index (κ3) is 3.79. The van der Waals surface area contributed by atoms with Gasteiger partial charge in [-0.05, 0) is 86.3 Å². The van der Waals surface area contributed by atoms with Crippen molar-refractivity contribution in [2.24, 2.45) is 0 Å². The minimum absolute atomic E-state index is 0.128. The number of aromatic hydroxyl groups is 1. The molecule has 0 aliphatic carbocycles. The topological polar surface area (TPSA) is 66.6 Å². The fourth-order valence-electron chi connectivity index (χ4n) is 3.62. The molecule has 4 aromatic rings. The van der Waals surface area contributed by atoms with Crippen LogP contribution in [0.1, 0.15) is 27.9 Å². The highest BCUT2D eigenvalue weighted by molar-refractivity contribution is 5.94. The average Bonchev–Trinajstić information content (AvgIpc) is 3.03. The Hall–Kier alpha value is -3.60. The highest BCUT2D eigenvalue weighted by Crippen LogP contribution is 2.28. The van der Waals surface area contributed by atoms with E-state index in [-0.39, 0.29) is 18.1 Å². The van der Waals surface area contributed by atoms with Gasteiger partial charge in [0.15, 0.2) is 0 Å². The number of hydrogen-bond acceptors (Lipinski definition) is 3. The second kappa shape index (κ2) is 7.67. The molecule has 0 aliphatic heterocycles. The first-order chi connectivity index (χ1) is 14.3. The number of hydrogen-bond donors (Lipinski definition) is 2. The number of imidazole rings is 1. The van der Waals surface area contributed by atoms with E-state index >= 15 is 0 Å². The second-order valence-corrected chi connectivity index (χ2v) is 7.86. The second-order valence-electron chi connectivity index (χ2n) is 7.86. The number of pyridine rings is 1. The molecular weight excluding hydrogens is 374 g/mol. The third-order valence-electron chi connectivity index (χ3n) is 5.47. The Balaban J connectivity index is 1.74. The summed E-state index contributed by atoms with van der Waals surface area (Å²) in [6.07, 6.45) is 2.16. The number of phenolic OH excluding ortho intramolecular Hbond substituents is 1. The predicted octanol–water partition coefficient (Wildman–Crippen LogP) is 5.12. The molecule has 5 nitrogen and oxygen atoms in total. The Morgan fingerprint density at radius 1 is 0.967 bits per heavy atom. The van der Waals surface area contributed by atoms with E-state index in [0.29, 0.717) is 5.69 Å². The molecule has 30 heavy (non-hydrogen) atoms. The van der Waals surface area contributed by atoms with Crippen LogP contribution >= 0.6 is 0 Å². The summed E-state index contributed by atoms with van der Waals surface area (Å²) >= 11 is 0. The first kappa shape index (κ1) is 19.7. The first-order valence-electron chi connectivity index (χ1n) is 9.96. The number of carbonyl (C=O) groups excluding carboxylic acids is 1. The first-order valence-corrected chi connectivity index (χ1v) is 9.96. The van der Waals surface area contributed by atoms with E-state index in [4.69, 9.17) is 4.98 Å². The predicted molar refractivity (Wildman–Crippen MR) is 120 cm³/mol. The van der Waals surface area contributed by atoms with Crippen LogP contribution in [0.3, 0.4) is 0 Å². The van der Waals surface area contributed by atoms with Crippen molar-refractivity contribution in [2.75, 3.05) is 5.32 Å². The number of benzene rings is 2. The molecule has 0 saturated carbocycles. The van der Waals surface area contributed by atoms with Crippen molar-refractivity contribution in [1.82, 2.24) is 9.38 Å². The van der Waals surface area contributed by atoms with Crippen LogP contribution in [0.25, 0.3) is 16.9 Å². The summed E-state index contributed by atoms with van der Waals surface area (Å²) < 4.78 is 1.99. The quantitative estimate of drug-likeness (QED) is 0.468. The van der Waals surface area contributed by atoms with Gasteiger partial charge in [-0.15, -0.1) is 0 Å². The van der Waals surface area contributed by atoms with Gasteiger partial charge in [0.05, 0.1) is 17.8 Å². The van der Waals surface area contributed by atoms with Gasteiger partial charge in [-0.1, -0.05) is 12.1 Å². The smallest absolute Gasteiger partial charge is 0.230 e. The number of rotatable bonds is 4. The largest absolute Gasteiger partial charge is 0.508 e. The van der Waals surface area contributed by atoms with Crippen molar-refractivity contribution in [2.45, 2.75) is 34.1 Å². The standard InChI is InChI=1S/C25H25N3O2/c1-15-9-10-28-22(14-24(30)26-21-8-7-20(29)13-18(21)4)25(27-23(28)11-15)19-6-5-16(2)17(3)12-19/h5-13,29H,14H2,1-4H3,(H,26,30). The van der Waals surface area contributed by atoms with E-state index in [2.05, 4.69) is 37.4 Å². The number of aromatic nitrogens is 2. The molecule has 0 radical (unpaired) electrons. The van der Waals surface area contributed by atoms with Gasteiger partial charge < -0.3 is 14.8 Å². The maximum absolute atomic E-state index is 12.9. The molecule has 2 aromatic carbocycles. The number of nitrogens with zero attached hydrogens (tertiary/aromatic N) is 2. The lowest BCUT2D eigenvalue weighted by Crippen LogP contribution is -2.16. The number of phenols is 1. The normalized spacial score (nSPS) is 11.1. The number of fused-ring (bicyclic) bond motifs is 1. The molecule has 2 N–H and O–H groups in total. The van der Waals surface area contributed by atoms with E-state index in [1.807, 2.05) is 36.6 Å². The zero-order chi connectivity index (χ0) is 21.4. The number of carbonyl (C=O) groups is 1. The fraction of sp³-hybridized carbons (Fsp3) is 0.200. The van der Waals surface area contributed by atoms with Gasteiger partial charge in [-0.25, -0.2) is 4.98 Å². The molecule has 0 atom stereocenters. The van der Waals surface area contributed by atoms with Crippen LogP contribution in [0, 0.1) is 27.7 Å². The lowest BCUT2D eigenvalue weighted by Gasteiger charge is -2.10. The van der Waals surface area contributed by atoms with Gasteiger partial charge in [0, 0.05) is 17.4 Å². The van der Waals surface area contributed by atoms with Gasteiger partial charge >= 0.3 is 0 Å². The van der Waals surface area contributed by atoms with E-state index in [0.717, 1.165) is 33.7 Å². The minimum atomic E-state index is -0.128. The highest BCUT2D eigenvalue weighted by Gasteiger charge is 2.18. The molecule has 5 heteroatoms. The van der Waals surface area contributed by atoms with E-state index in [9.17, 15) is 9.90 Å². The molecule has 0 aliphatic rings. The van der Waals surface area contributed by atoms with Crippen molar-refractivity contribution >= 4 is 17.2 Å². The molecular formula is C25H25N3O2. The lowest BCUT2D eigenvalue weighted by molar-refractivity contribution is -0.115. The SMILES string of the molecule is Cc1ccn2c(CC(=O)Nc3ccc(O)cc3C)c(-c3ccc(C)c(C)c3)nc2c1. The van der Waals surface area contributed by atoms with Crippen LogP contribution in [0.2, 0.25) is 0 Å². The molecule has 0 spiro atoms. The van der Waals surface area contributed by atoms with Gasteiger partial charge in [0.2, 0.25) is 5.91 Å². The molecule has 4 rings (SSSR count). The zero-order valence-electron chi connectivity index (χ0n) is 17.7. The van der Waals surface area contributed by atoms with Gasteiger partial charge in [0.1, 0.15) is 11.4 Å². The van der Waals surface area contributed by atoms with Crippen LogP contribution in [0.4, 0.5) is 5.69 Å². The summed E-state index contributed by atoms with van der Waals surface area (Å²) in [5, 5.41) is 12.6. The van der Waals surface area contributed by atoms with E-state index in [1.165, 1.54) is 11.1 Å². The van der Waals surface area contributed by atoms with E-state index < -0.39 is 0 Å². The van der Waals surface area contributed by atoms with Crippen LogP contribution in [-0.4, -0.2) is 20.4 Å². The third-order valence-corrected chi connectivity index (χ3v) is 5.47. The Bertz CT molecular complexity index is 1270.